The van der Waals surface area contributed by atoms with Gasteiger partial charge in [-0.25, -0.2) is 0 Å². The molecule has 0 saturated carbocycles. The van der Waals surface area contributed by atoms with E-state index >= 15 is 0 Å². The SMILES string of the molecule is CCn1nccc1C(=O)c1cc(C)cc(Br)c1. The molecule has 2 rings (SSSR count). The molecule has 0 saturated heterocycles. The van der Waals surface area contributed by atoms with Crippen LogP contribution in [0.3, 0.4) is 0 Å². The van der Waals surface area contributed by atoms with Gasteiger partial charge in [-0.1, -0.05) is 15.9 Å². The molecule has 0 N–H and O–H groups in total. The first kappa shape index (κ1) is 12.0. The smallest absolute Gasteiger partial charge is 0.211 e. The molecule has 0 aliphatic rings. The Bertz CT molecular complexity index is 540. The molecule has 0 atom stereocenters. The third kappa shape index (κ3) is 2.47. The van der Waals surface area contributed by atoms with E-state index < -0.39 is 0 Å². The Hall–Kier alpha value is -1.42. The van der Waals surface area contributed by atoms with Crippen molar-refractivity contribution < 1.29 is 4.79 Å². The van der Waals surface area contributed by atoms with E-state index in [1.165, 1.54) is 0 Å². The van der Waals surface area contributed by atoms with Gasteiger partial charge in [0.15, 0.2) is 0 Å². The minimum absolute atomic E-state index is 0.00810. The Morgan fingerprint density at radius 2 is 2.18 bits per heavy atom. The Morgan fingerprint density at radius 1 is 1.41 bits per heavy atom. The van der Waals surface area contributed by atoms with Crippen molar-refractivity contribution in [3.63, 3.8) is 0 Å². The largest absolute Gasteiger partial charge is 0.287 e. The van der Waals surface area contributed by atoms with Crippen LogP contribution >= 0.6 is 15.9 Å². The molecular formula is C13H13BrN2O. The molecule has 0 fully saturated rings. The summed E-state index contributed by atoms with van der Waals surface area (Å²) < 4.78 is 2.63. The predicted molar refractivity (Wildman–Crippen MR) is 70.2 cm³/mol. The summed E-state index contributed by atoms with van der Waals surface area (Å²) in [5, 5.41) is 4.11. The van der Waals surface area contributed by atoms with Crippen LogP contribution in [0.4, 0.5) is 0 Å². The van der Waals surface area contributed by atoms with E-state index in [1.807, 2.05) is 32.0 Å². The average Bonchev–Trinajstić information content (AvgIpc) is 2.74. The Morgan fingerprint density at radius 3 is 2.82 bits per heavy atom. The van der Waals surface area contributed by atoms with Crippen molar-refractivity contribution in [2.24, 2.45) is 0 Å². The minimum atomic E-state index is 0.00810. The molecule has 88 valence electrons. The lowest BCUT2D eigenvalue weighted by Gasteiger charge is -2.05. The summed E-state index contributed by atoms with van der Waals surface area (Å²) in [5.41, 5.74) is 2.38. The standard InChI is InChI=1S/C13H13BrN2O/c1-3-16-12(4-5-15-16)13(17)10-6-9(2)7-11(14)8-10/h4-8H,3H2,1-2H3. The highest BCUT2D eigenvalue weighted by atomic mass is 79.9. The summed E-state index contributed by atoms with van der Waals surface area (Å²) in [7, 11) is 0. The molecule has 4 heteroatoms. The van der Waals surface area contributed by atoms with Gasteiger partial charge >= 0.3 is 0 Å². The first-order valence-electron chi connectivity index (χ1n) is 5.45. The van der Waals surface area contributed by atoms with Crippen LogP contribution < -0.4 is 0 Å². The van der Waals surface area contributed by atoms with Crippen LogP contribution in [0.2, 0.25) is 0 Å². The number of aromatic nitrogens is 2. The van der Waals surface area contributed by atoms with Crippen molar-refractivity contribution in [3.8, 4) is 0 Å². The molecule has 0 aliphatic carbocycles. The Labute approximate surface area is 109 Å². The molecular weight excluding hydrogens is 280 g/mol. The lowest BCUT2D eigenvalue weighted by atomic mass is 10.1. The van der Waals surface area contributed by atoms with E-state index in [4.69, 9.17) is 0 Å². The third-order valence-corrected chi connectivity index (χ3v) is 3.01. The molecule has 0 radical (unpaired) electrons. The van der Waals surface area contributed by atoms with Crippen molar-refractivity contribution in [2.45, 2.75) is 20.4 Å². The highest BCUT2D eigenvalue weighted by molar-refractivity contribution is 9.10. The molecule has 3 nitrogen and oxygen atoms in total. The van der Waals surface area contributed by atoms with E-state index in [9.17, 15) is 4.79 Å². The average molecular weight is 293 g/mol. The second kappa shape index (κ2) is 4.84. The fourth-order valence-corrected chi connectivity index (χ4v) is 2.40. The summed E-state index contributed by atoms with van der Waals surface area (Å²) >= 11 is 3.41. The lowest BCUT2D eigenvalue weighted by molar-refractivity contribution is 0.102. The number of aryl methyl sites for hydroxylation is 2. The van der Waals surface area contributed by atoms with E-state index in [2.05, 4.69) is 21.0 Å². The van der Waals surface area contributed by atoms with Crippen molar-refractivity contribution >= 4 is 21.7 Å². The van der Waals surface area contributed by atoms with Gasteiger partial charge in [-0.05, 0) is 43.7 Å². The van der Waals surface area contributed by atoms with Crippen LogP contribution in [0.25, 0.3) is 0 Å². The zero-order valence-corrected chi connectivity index (χ0v) is 11.4. The number of halogens is 1. The second-order valence-corrected chi connectivity index (χ2v) is 4.79. The monoisotopic (exact) mass is 292 g/mol. The van der Waals surface area contributed by atoms with E-state index in [0.717, 1.165) is 10.0 Å². The second-order valence-electron chi connectivity index (χ2n) is 3.88. The van der Waals surface area contributed by atoms with Gasteiger partial charge in [0.1, 0.15) is 5.69 Å². The van der Waals surface area contributed by atoms with Gasteiger partial charge in [0.25, 0.3) is 0 Å². The molecule has 1 aromatic heterocycles. The third-order valence-electron chi connectivity index (χ3n) is 2.55. The number of nitrogens with zero attached hydrogens (tertiary/aromatic N) is 2. The lowest BCUT2D eigenvalue weighted by Crippen LogP contribution is -2.10. The zero-order valence-electron chi connectivity index (χ0n) is 9.77. The quantitative estimate of drug-likeness (QED) is 0.814. The first-order valence-corrected chi connectivity index (χ1v) is 6.25. The van der Waals surface area contributed by atoms with Crippen LogP contribution in [0.15, 0.2) is 34.9 Å². The molecule has 0 spiro atoms. The maximum absolute atomic E-state index is 12.3. The summed E-state index contributed by atoms with van der Waals surface area (Å²) in [5.74, 6) is 0.00810. The molecule has 17 heavy (non-hydrogen) atoms. The van der Waals surface area contributed by atoms with Gasteiger partial charge < -0.3 is 0 Å². The summed E-state index contributed by atoms with van der Waals surface area (Å²) in [6, 6.07) is 7.46. The highest BCUT2D eigenvalue weighted by Gasteiger charge is 2.14. The minimum Gasteiger partial charge on any atom is -0.287 e. The number of ketones is 1. The normalized spacial score (nSPS) is 10.5. The topological polar surface area (TPSA) is 34.9 Å². The molecule has 2 aromatic rings. The van der Waals surface area contributed by atoms with E-state index in [-0.39, 0.29) is 5.78 Å². The van der Waals surface area contributed by atoms with Crippen LogP contribution in [0, 0.1) is 6.92 Å². The molecule has 0 bridgehead atoms. The van der Waals surface area contributed by atoms with Gasteiger partial charge in [-0.15, -0.1) is 0 Å². The highest BCUT2D eigenvalue weighted by Crippen LogP contribution is 2.18. The summed E-state index contributed by atoms with van der Waals surface area (Å²) in [6.45, 7) is 4.63. The number of carbonyl (C=O) groups is 1. The molecule has 1 aromatic carbocycles. The Balaban J connectivity index is 2.43. The number of carbonyl (C=O) groups excluding carboxylic acids is 1. The molecule has 1 heterocycles. The van der Waals surface area contributed by atoms with E-state index in [1.54, 1.807) is 16.9 Å². The maximum Gasteiger partial charge on any atom is 0.211 e. The summed E-state index contributed by atoms with van der Waals surface area (Å²) in [6.07, 6.45) is 1.65. The molecule has 0 unspecified atom stereocenters. The van der Waals surface area contributed by atoms with Crippen molar-refractivity contribution in [1.29, 1.82) is 0 Å². The van der Waals surface area contributed by atoms with Crippen LogP contribution in [-0.4, -0.2) is 15.6 Å². The van der Waals surface area contributed by atoms with Gasteiger partial charge in [-0.3, -0.25) is 9.48 Å². The van der Waals surface area contributed by atoms with Gasteiger partial charge in [0.2, 0.25) is 5.78 Å². The summed E-state index contributed by atoms with van der Waals surface area (Å²) in [4.78, 5) is 12.3. The van der Waals surface area contributed by atoms with Crippen LogP contribution in [0.1, 0.15) is 28.5 Å². The van der Waals surface area contributed by atoms with Gasteiger partial charge in [0.05, 0.1) is 0 Å². The number of hydrogen-bond acceptors (Lipinski definition) is 2. The van der Waals surface area contributed by atoms with Gasteiger partial charge in [0, 0.05) is 22.8 Å². The molecule has 0 amide bonds. The van der Waals surface area contributed by atoms with Crippen LogP contribution in [-0.2, 0) is 6.54 Å². The maximum atomic E-state index is 12.3. The van der Waals surface area contributed by atoms with Crippen molar-refractivity contribution in [1.82, 2.24) is 9.78 Å². The van der Waals surface area contributed by atoms with E-state index in [0.29, 0.717) is 17.8 Å². The van der Waals surface area contributed by atoms with Crippen molar-refractivity contribution in [2.75, 3.05) is 0 Å². The fourth-order valence-electron chi connectivity index (χ4n) is 1.79. The fraction of sp³-hybridized carbons (Fsp3) is 0.231. The number of rotatable bonds is 3. The Kier molecular flexibility index (Phi) is 3.43. The van der Waals surface area contributed by atoms with Crippen molar-refractivity contribution in [3.05, 3.63) is 51.8 Å². The predicted octanol–water partition coefficient (Wildman–Crippen LogP) is 3.20. The first-order chi connectivity index (χ1) is 8.11. The van der Waals surface area contributed by atoms with Gasteiger partial charge in [-0.2, -0.15) is 5.10 Å². The number of hydrogen-bond donors (Lipinski definition) is 0. The van der Waals surface area contributed by atoms with Crippen LogP contribution in [0.5, 0.6) is 0 Å². The number of benzene rings is 1. The molecule has 0 aliphatic heterocycles. The zero-order chi connectivity index (χ0) is 12.4.